The first-order chi connectivity index (χ1) is 14.0. The average Bonchev–Trinajstić information content (AvgIpc) is 3.33. The van der Waals surface area contributed by atoms with Crippen LogP contribution in [0.1, 0.15) is 51.4 Å². The molecule has 1 aliphatic heterocycles. The molecule has 0 bridgehead atoms. The highest BCUT2D eigenvalue weighted by Crippen LogP contribution is 2.26. The van der Waals surface area contributed by atoms with E-state index in [4.69, 9.17) is 9.47 Å². The van der Waals surface area contributed by atoms with Crippen LogP contribution in [0.4, 0.5) is 0 Å². The lowest BCUT2D eigenvalue weighted by Gasteiger charge is -2.16. The van der Waals surface area contributed by atoms with Gasteiger partial charge in [0.05, 0.1) is 24.9 Å². The lowest BCUT2D eigenvalue weighted by molar-refractivity contribution is 0.0531. The van der Waals surface area contributed by atoms with Crippen molar-refractivity contribution in [2.45, 2.75) is 39.7 Å². The number of carbonyl (C=O) groups excluding carboxylic acids is 1. The van der Waals surface area contributed by atoms with Crippen LogP contribution in [-0.4, -0.2) is 43.7 Å². The first-order valence-electron chi connectivity index (χ1n) is 9.88. The van der Waals surface area contributed by atoms with Crippen LogP contribution in [0.25, 0.3) is 0 Å². The summed E-state index contributed by atoms with van der Waals surface area (Å²) in [6.45, 7) is 7.52. The highest BCUT2D eigenvalue weighted by molar-refractivity contribution is 14.0. The summed E-state index contributed by atoms with van der Waals surface area (Å²) in [4.78, 5) is 21.4. The standard InChI is InChI=1S/C21H28N4O3S.HI/c1-5-27-20(26)18-13(2)24-19(29-18)14(3)25-21(22-4)23-10-8-15-6-7-17-16(12-15)9-11-28-17;/h6-7,12,14H,5,8-11H2,1-4H3,(H2,22,23,25);1H. The summed E-state index contributed by atoms with van der Waals surface area (Å²) in [6, 6.07) is 6.31. The second-order valence-electron chi connectivity index (χ2n) is 6.84. The van der Waals surface area contributed by atoms with Gasteiger partial charge in [-0.3, -0.25) is 4.99 Å². The van der Waals surface area contributed by atoms with Crippen molar-refractivity contribution in [2.24, 2.45) is 4.99 Å². The molecule has 9 heteroatoms. The van der Waals surface area contributed by atoms with E-state index in [1.807, 2.05) is 13.8 Å². The Morgan fingerprint density at radius 1 is 1.43 bits per heavy atom. The third-order valence-corrected chi connectivity index (χ3v) is 6.00. The summed E-state index contributed by atoms with van der Waals surface area (Å²) < 4.78 is 10.7. The maximum Gasteiger partial charge on any atom is 0.350 e. The molecule has 0 saturated carbocycles. The van der Waals surface area contributed by atoms with Gasteiger partial charge in [-0.2, -0.15) is 0 Å². The summed E-state index contributed by atoms with van der Waals surface area (Å²) in [5.74, 6) is 1.39. The number of carbonyl (C=O) groups is 1. The molecule has 1 atom stereocenters. The van der Waals surface area contributed by atoms with E-state index in [-0.39, 0.29) is 36.0 Å². The molecule has 1 aromatic carbocycles. The van der Waals surface area contributed by atoms with Crippen molar-refractivity contribution >= 4 is 47.2 Å². The van der Waals surface area contributed by atoms with Crippen molar-refractivity contribution in [1.82, 2.24) is 15.6 Å². The topological polar surface area (TPSA) is 84.8 Å². The molecule has 30 heavy (non-hydrogen) atoms. The van der Waals surface area contributed by atoms with Gasteiger partial charge in [-0.1, -0.05) is 12.1 Å². The minimum absolute atomic E-state index is 0. The summed E-state index contributed by atoms with van der Waals surface area (Å²) in [7, 11) is 1.74. The van der Waals surface area contributed by atoms with Gasteiger partial charge in [-0.15, -0.1) is 35.3 Å². The third-order valence-electron chi connectivity index (χ3n) is 4.68. The van der Waals surface area contributed by atoms with Crippen LogP contribution in [0, 0.1) is 6.92 Å². The number of benzene rings is 1. The van der Waals surface area contributed by atoms with E-state index >= 15 is 0 Å². The largest absolute Gasteiger partial charge is 0.493 e. The first-order valence-corrected chi connectivity index (χ1v) is 10.7. The van der Waals surface area contributed by atoms with Crippen molar-refractivity contribution in [3.05, 3.63) is 44.9 Å². The fourth-order valence-electron chi connectivity index (χ4n) is 3.17. The maximum atomic E-state index is 12.0. The highest BCUT2D eigenvalue weighted by atomic mass is 127. The summed E-state index contributed by atoms with van der Waals surface area (Å²) in [5, 5.41) is 7.51. The molecule has 1 aliphatic rings. The number of nitrogens with one attached hydrogen (secondary N) is 2. The molecule has 0 radical (unpaired) electrons. The number of nitrogens with zero attached hydrogens (tertiary/aromatic N) is 2. The number of aromatic nitrogens is 1. The monoisotopic (exact) mass is 544 g/mol. The van der Waals surface area contributed by atoms with Gasteiger partial charge in [0, 0.05) is 20.0 Å². The lowest BCUT2D eigenvalue weighted by Crippen LogP contribution is -2.39. The maximum absolute atomic E-state index is 12.0. The Bertz CT molecular complexity index is 900. The normalized spacial score (nSPS) is 13.7. The van der Waals surface area contributed by atoms with Crippen molar-refractivity contribution in [3.63, 3.8) is 0 Å². The number of hydrogen-bond donors (Lipinski definition) is 2. The van der Waals surface area contributed by atoms with Crippen molar-refractivity contribution in [3.8, 4) is 5.75 Å². The quantitative estimate of drug-likeness (QED) is 0.240. The number of halogens is 1. The number of fused-ring (bicyclic) bond motifs is 1. The number of aryl methyl sites for hydroxylation is 1. The molecule has 2 aromatic rings. The van der Waals surface area contributed by atoms with Gasteiger partial charge in [0.2, 0.25) is 0 Å². The fourth-order valence-corrected chi connectivity index (χ4v) is 4.13. The number of thiazole rings is 1. The Hall–Kier alpha value is -1.88. The minimum Gasteiger partial charge on any atom is -0.493 e. The summed E-state index contributed by atoms with van der Waals surface area (Å²) in [5.41, 5.74) is 3.26. The highest BCUT2D eigenvalue weighted by Gasteiger charge is 2.20. The van der Waals surface area contributed by atoms with Gasteiger partial charge in [0.1, 0.15) is 15.6 Å². The molecule has 1 aromatic heterocycles. The van der Waals surface area contributed by atoms with Crippen LogP contribution in [-0.2, 0) is 17.6 Å². The first kappa shape index (κ1) is 24.4. The van der Waals surface area contributed by atoms with E-state index < -0.39 is 0 Å². The number of aliphatic imine (C=N–C) groups is 1. The number of ether oxygens (including phenoxy) is 2. The van der Waals surface area contributed by atoms with Crippen LogP contribution >= 0.6 is 35.3 Å². The lowest BCUT2D eigenvalue weighted by atomic mass is 10.1. The SMILES string of the molecule is CCOC(=O)c1sc(C(C)NC(=NC)NCCc2ccc3c(c2)CCO3)nc1C.I. The van der Waals surface area contributed by atoms with Crippen molar-refractivity contribution in [2.75, 3.05) is 26.8 Å². The van der Waals surface area contributed by atoms with E-state index in [0.717, 1.165) is 36.8 Å². The molecule has 2 N–H and O–H groups in total. The van der Waals surface area contributed by atoms with E-state index in [1.54, 1.807) is 14.0 Å². The second-order valence-corrected chi connectivity index (χ2v) is 7.87. The fraction of sp³-hybridized carbons (Fsp3) is 0.476. The smallest absolute Gasteiger partial charge is 0.350 e. The molecular weight excluding hydrogens is 515 g/mol. The van der Waals surface area contributed by atoms with Gasteiger partial charge >= 0.3 is 5.97 Å². The number of esters is 1. The zero-order chi connectivity index (χ0) is 20.8. The number of hydrogen-bond acceptors (Lipinski definition) is 6. The molecule has 0 aliphatic carbocycles. The van der Waals surface area contributed by atoms with E-state index in [9.17, 15) is 4.79 Å². The van der Waals surface area contributed by atoms with Crippen LogP contribution in [0.15, 0.2) is 23.2 Å². The molecule has 1 unspecified atom stereocenters. The summed E-state index contributed by atoms with van der Waals surface area (Å²) in [6.07, 6.45) is 1.88. The zero-order valence-electron chi connectivity index (χ0n) is 17.8. The second kappa shape index (κ2) is 11.5. The van der Waals surface area contributed by atoms with Crippen LogP contribution < -0.4 is 15.4 Å². The van der Waals surface area contributed by atoms with Gasteiger partial charge in [0.15, 0.2) is 5.96 Å². The Morgan fingerprint density at radius 3 is 2.97 bits per heavy atom. The summed E-state index contributed by atoms with van der Waals surface area (Å²) >= 11 is 1.36. The zero-order valence-corrected chi connectivity index (χ0v) is 20.9. The Balaban J connectivity index is 0.00000320. The van der Waals surface area contributed by atoms with E-state index in [2.05, 4.69) is 38.8 Å². The molecule has 0 saturated heterocycles. The van der Waals surface area contributed by atoms with Crippen molar-refractivity contribution in [1.29, 1.82) is 0 Å². The molecule has 0 amide bonds. The molecule has 164 valence electrons. The van der Waals surface area contributed by atoms with E-state index in [1.165, 1.54) is 22.5 Å². The van der Waals surface area contributed by atoms with Gasteiger partial charge in [-0.05, 0) is 44.4 Å². The van der Waals surface area contributed by atoms with Crippen LogP contribution in [0.3, 0.4) is 0 Å². The number of guanidine groups is 1. The van der Waals surface area contributed by atoms with Crippen molar-refractivity contribution < 1.29 is 14.3 Å². The van der Waals surface area contributed by atoms with E-state index in [0.29, 0.717) is 23.1 Å². The predicted octanol–water partition coefficient (Wildman–Crippen LogP) is 3.65. The Morgan fingerprint density at radius 2 is 2.23 bits per heavy atom. The average molecular weight is 544 g/mol. The Labute approximate surface area is 198 Å². The van der Waals surface area contributed by atoms with Gasteiger partial charge < -0.3 is 20.1 Å². The third kappa shape index (κ3) is 6.07. The predicted molar refractivity (Wildman–Crippen MR) is 130 cm³/mol. The molecule has 7 nitrogen and oxygen atoms in total. The van der Waals surface area contributed by atoms with Crippen LogP contribution in [0.2, 0.25) is 0 Å². The number of rotatable bonds is 7. The van der Waals surface area contributed by atoms with Gasteiger partial charge in [-0.25, -0.2) is 9.78 Å². The van der Waals surface area contributed by atoms with Gasteiger partial charge in [0.25, 0.3) is 0 Å². The van der Waals surface area contributed by atoms with Crippen LogP contribution in [0.5, 0.6) is 5.75 Å². The minimum atomic E-state index is -0.316. The molecule has 2 heterocycles. The molecule has 0 fully saturated rings. The molecule has 0 spiro atoms. The molecule has 3 rings (SSSR count). The molecular formula is C21H29IN4O3S. The Kier molecular flexibility index (Phi) is 9.35.